The summed E-state index contributed by atoms with van der Waals surface area (Å²) in [5, 5.41) is 3.46. The smallest absolute Gasteiger partial charge is 0.123 e. The average molecular weight is 209 g/mol. The van der Waals surface area contributed by atoms with Crippen molar-refractivity contribution in [2.24, 2.45) is 0 Å². The van der Waals surface area contributed by atoms with Crippen LogP contribution in [0.3, 0.4) is 0 Å². The fourth-order valence-corrected chi connectivity index (χ4v) is 2.27. The Morgan fingerprint density at radius 3 is 2.67 bits per heavy atom. The number of hydrogen-bond donors (Lipinski definition) is 1. The molecule has 1 N–H and O–H groups in total. The summed E-state index contributed by atoms with van der Waals surface area (Å²) in [7, 11) is 1.70. The van der Waals surface area contributed by atoms with E-state index in [1.807, 2.05) is 12.1 Å². The zero-order valence-electron chi connectivity index (χ0n) is 8.92. The van der Waals surface area contributed by atoms with Crippen LogP contribution in [-0.2, 0) is 10.3 Å². The van der Waals surface area contributed by atoms with Gasteiger partial charge in [-0.25, -0.2) is 4.39 Å². The van der Waals surface area contributed by atoms with E-state index in [0.717, 1.165) is 24.9 Å². The van der Waals surface area contributed by atoms with Gasteiger partial charge in [0.15, 0.2) is 0 Å². The summed E-state index contributed by atoms with van der Waals surface area (Å²) in [6.45, 7) is 1.64. The number of nitrogens with one attached hydrogen (secondary N) is 1. The van der Waals surface area contributed by atoms with Crippen molar-refractivity contribution in [2.75, 3.05) is 20.3 Å². The molecular weight excluding hydrogens is 193 g/mol. The van der Waals surface area contributed by atoms with Gasteiger partial charge in [-0.2, -0.15) is 0 Å². The fraction of sp³-hybridized carbons (Fsp3) is 0.500. The largest absolute Gasteiger partial charge is 0.382 e. The topological polar surface area (TPSA) is 21.3 Å². The minimum absolute atomic E-state index is 0.109. The lowest BCUT2D eigenvalue weighted by Crippen LogP contribution is -2.41. The number of rotatable bonds is 3. The number of methoxy groups -OCH3 is 1. The molecule has 1 aliphatic rings. The van der Waals surface area contributed by atoms with Crippen LogP contribution in [0.25, 0.3) is 0 Å². The van der Waals surface area contributed by atoms with Gasteiger partial charge in [0.2, 0.25) is 0 Å². The van der Waals surface area contributed by atoms with Crippen molar-refractivity contribution in [1.82, 2.24) is 5.32 Å². The Morgan fingerprint density at radius 1 is 1.40 bits per heavy atom. The van der Waals surface area contributed by atoms with Crippen LogP contribution in [-0.4, -0.2) is 20.3 Å². The molecular formula is C12H16FNO. The van der Waals surface area contributed by atoms with Crippen LogP contribution in [0.15, 0.2) is 24.3 Å². The summed E-state index contributed by atoms with van der Waals surface area (Å²) in [5.74, 6) is -0.190. The van der Waals surface area contributed by atoms with E-state index in [-0.39, 0.29) is 11.4 Å². The van der Waals surface area contributed by atoms with Gasteiger partial charge in [-0.1, -0.05) is 12.1 Å². The summed E-state index contributed by atoms with van der Waals surface area (Å²) >= 11 is 0. The van der Waals surface area contributed by atoms with Crippen molar-refractivity contribution in [2.45, 2.75) is 18.4 Å². The molecule has 0 amide bonds. The predicted molar refractivity (Wildman–Crippen MR) is 57.2 cm³/mol. The lowest BCUT2D eigenvalue weighted by atomic mass is 9.89. The van der Waals surface area contributed by atoms with E-state index >= 15 is 0 Å². The SMILES string of the molecule is COCC1(c2ccc(F)cc2)CCCN1. The molecule has 1 aromatic carbocycles. The monoisotopic (exact) mass is 209 g/mol. The molecule has 0 radical (unpaired) electrons. The van der Waals surface area contributed by atoms with Gasteiger partial charge in [0.1, 0.15) is 5.82 Å². The van der Waals surface area contributed by atoms with Crippen molar-refractivity contribution in [3.8, 4) is 0 Å². The zero-order chi connectivity index (χ0) is 10.7. The zero-order valence-corrected chi connectivity index (χ0v) is 8.92. The second kappa shape index (κ2) is 4.29. The third-order valence-corrected chi connectivity index (χ3v) is 3.03. The summed E-state index contributed by atoms with van der Waals surface area (Å²) in [6, 6.07) is 6.69. The molecule has 0 aliphatic carbocycles. The minimum Gasteiger partial charge on any atom is -0.382 e. The van der Waals surface area contributed by atoms with E-state index in [9.17, 15) is 4.39 Å². The van der Waals surface area contributed by atoms with Gasteiger partial charge in [-0.15, -0.1) is 0 Å². The number of ether oxygens (including phenoxy) is 1. The second-order valence-corrected chi connectivity index (χ2v) is 4.05. The van der Waals surface area contributed by atoms with E-state index in [0.29, 0.717) is 6.61 Å². The molecule has 1 aromatic rings. The first-order chi connectivity index (χ1) is 7.27. The highest BCUT2D eigenvalue weighted by Gasteiger charge is 2.35. The van der Waals surface area contributed by atoms with Crippen molar-refractivity contribution in [3.05, 3.63) is 35.6 Å². The van der Waals surface area contributed by atoms with Crippen LogP contribution in [0.2, 0.25) is 0 Å². The second-order valence-electron chi connectivity index (χ2n) is 4.05. The van der Waals surface area contributed by atoms with Gasteiger partial charge in [-0.3, -0.25) is 0 Å². The lowest BCUT2D eigenvalue weighted by Gasteiger charge is -2.29. The maximum Gasteiger partial charge on any atom is 0.123 e. The molecule has 15 heavy (non-hydrogen) atoms. The summed E-state index contributed by atoms with van der Waals surface area (Å²) in [6.07, 6.45) is 2.19. The molecule has 0 aromatic heterocycles. The van der Waals surface area contributed by atoms with Crippen LogP contribution in [0.1, 0.15) is 18.4 Å². The highest BCUT2D eigenvalue weighted by atomic mass is 19.1. The number of halogens is 1. The highest BCUT2D eigenvalue weighted by Crippen LogP contribution is 2.31. The molecule has 0 bridgehead atoms. The molecule has 1 heterocycles. The first kappa shape index (κ1) is 10.6. The van der Waals surface area contributed by atoms with Gasteiger partial charge in [0.05, 0.1) is 12.1 Å². The normalized spacial score (nSPS) is 25.7. The third-order valence-electron chi connectivity index (χ3n) is 3.03. The first-order valence-electron chi connectivity index (χ1n) is 5.27. The summed E-state index contributed by atoms with van der Waals surface area (Å²) < 4.78 is 18.1. The molecule has 1 unspecified atom stereocenters. The van der Waals surface area contributed by atoms with Crippen molar-refractivity contribution >= 4 is 0 Å². The van der Waals surface area contributed by atoms with E-state index in [1.54, 1.807) is 7.11 Å². The molecule has 1 atom stereocenters. The Labute approximate surface area is 89.4 Å². The van der Waals surface area contributed by atoms with Gasteiger partial charge in [-0.05, 0) is 37.1 Å². The number of hydrogen-bond acceptors (Lipinski definition) is 2. The summed E-state index contributed by atoms with van der Waals surface area (Å²) in [5.41, 5.74) is 1.01. The van der Waals surface area contributed by atoms with Gasteiger partial charge >= 0.3 is 0 Å². The lowest BCUT2D eigenvalue weighted by molar-refractivity contribution is 0.120. The molecule has 0 saturated carbocycles. The molecule has 0 spiro atoms. The minimum atomic E-state index is -0.190. The van der Waals surface area contributed by atoms with E-state index in [2.05, 4.69) is 5.32 Å². The number of benzene rings is 1. The van der Waals surface area contributed by atoms with Crippen LogP contribution in [0, 0.1) is 5.82 Å². The van der Waals surface area contributed by atoms with Gasteiger partial charge in [0, 0.05) is 7.11 Å². The van der Waals surface area contributed by atoms with Gasteiger partial charge < -0.3 is 10.1 Å². The maximum absolute atomic E-state index is 12.8. The van der Waals surface area contributed by atoms with Crippen LogP contribution in [0.4, 0.5) is 4.39 Å². The van der Waals surface area contributed by atoms with Crippen molar-refractivity contribution in [1.29, 1.82) is 0 Å². The molecule has 1 fully saturated rings. The van der Waals surface area contributed by atoms with E-state index in [1.165, 1.54) is 12.1 Å². The fourth-order valence-electron chi connectivity index (χ4n) is 2.27. The van der Waals surface area contributed by atoms with Crippen LogP contribution < -0.4 is 5.32 Å². The van der Waals surface area contributed by atoms with Crippen molar-refractivity contribution in [3.63, 3.8) is 0 Å². The molecule has 2 nitrogen and oxygen atoms in total. The van der Waals surface area contributed by atoms with E-state index in [4.69, 9.17) is 4.74 Å². The summed E-state index contributed by atoms with van der Waals surface area (Å²) in [4.78, 5) is 0. The Kier molecular flexibility index (Phi) is 3.03. The molecule has 82 valence electrons. The first-order valence-corrected chi connectivity index (χ1v) is 5.27. The van der Waals surface area contributed by atoms with Crippen LogP contribution >= 0.6 is 0 Å². The van der Waals surface area contributed by atoms with Crippen LogP contribution in [0.5, 0.6) is 0 Å². The Balaban J connectivity index is 2.28. The Hall–Kier alpha value is -0.930. The third kappa shape index (κ3) is 2.03. The molecule has 1 aliphatic heterocycles. The highest BCUT2D eigenvalue weighted by molar-refractivity contribution is 5.26. The van der Waals surface area contributed by atoms with Crippen molar-refractivity contribution < 1.29 is 9.13 Å². The quantitative estimate of drug-likeness (QED) is 0.822. The maximum atomic E-state index is 12.8. The average Bonchev–Trinajstić information content (AvgIpc) is 2.69. The van der Waals surface area contributed by atoms with Gasteiger partial charge in [0.25, 0.3) is 0 Å². The molecule has 3 heteroatoms. The Morgan fingerprint density at radius 2 is 2.13 bits per heavy atom. The Bertz CT molecular complexity index is 317. The molecule has 2 rings (SSSR count). The van der Waals surface area contributed by atoms with E-state index < -0.39 is 0 Å². The molecule has 1 saturated heterocycles. The standard InChI is InChI=1S/C12H16FNO/c1-15-9-12(7-2-8-14-12)10-3-5-11(13)6-4-10/h3-6,14H,2,7-9H2,1H3. The predicted octanol–water partition coefficient (Wildman–Crippen LogP) is 2.05.